The van der Waals surface area contributed by atoms with Gasteiger partial charge in [-0.05, 0) is 57.0 Å². The average molecular weight is 744 g/mol. The van der Waals surface area contributed by atoms with E-state index in [0.717, 1.165) is 5.56 Å². The van der Waals surface area contributed by atoms with Crippen molar-refractivity contribution in [3.63, 3.8) is 0 Å². The fourth-order valence-electron chi connectivity index (χ4n) is 5.33. The van der Waals surface area contributed by atoms with Crippen molar-refractivity contribution in [3.8, 4) is 0 Å². The number of alkyl carbamates (subject to hydrolysis) is 1. The largest absolute Gasteiger partial charge is 0.444 e. The number of pyridine rings is 2. The number of aromatic nitrogens is 2. The summed E-state index contributed by atoms with van der Waals surface area (Å²) in [6, 6.07) is 16.4. The van der Waals surface area contributed by atoms with Crippen LogP contribution >= 0.6 is 15.9 Å². The number of carbonyl (C=O) groups is 3. The van der Waals surface area contributed by atoms with E-state index in [1.807, 2.05) is 18.2 Å². The molecule has 0 saturated carbocycles. The molecular formula is C34H34BrF3N6O5. The van der Waals surface area contributed by atoms with Crippen molar-refractivity contribution in [2.24, 2.45) is 5.92 Å². The molecule has 0 spiro atoms. The molecule has 4 aromatic rings. The Morgan fingerprint density at radius 3 is 2.43 bits per heavy atom. The van der Waals surface area contributed by atoms with Gasteiger partial charge in [-0.15, -0.1) is 0 Å². The summed E-state index contributed by atoms with van der Waals surface area (Å²) in [5.74, 6) is -2.54. The minimum atomic E-state index is -4.55. The number of hydrogen-bond acceptors (Lipinski definition) is 8. The van der Waals surface area contributed by atoms with Crippen molar-refractivity contribution < 1.29 is 37.0 Å². The normalized spacial score (nSPS) is 16.5. The minimum Gasteiger partial charge on any atom is -0.444 e. The Labute approximate surface area is 288 Å². The third-order valence-electron chi connectivity index (χ3n) is 7.47. The molecule has 0 aliphatic carbocycles. The molecular weight excluding hydrogens is 709 g/mol. The van der Waals surface area contributed by atoms with Gasteiger partial charge in [0.1, 0.15) is 12.2 Å². The second-order valence-electron chi connectivity index (χ2n) is 12.5. The number of halogens is 4. The van der Waals surface area contributed by atoms with Gasteiger partial charge in [0.25, 0.3) is 5.91 Å². The number of nitrogens with one attached hydrogen (secondary N) is 3. The van der Waals surface area contributed by atoms with Crippen molar-refractivity contribution in [2.45, 2.75) is 51.6 Å². The molecule has 2 aromatic carbocycles. The number of fused-ring (bicyclic) bond motifs is 1. The summed E-state index contributed by atoms with van der Waals surface area (Å²) in [5, 5.41) is 8.49. The summed E-state index contributed by atoms with van der Waals surface area (Å²) < 4.78 is 53.6. The van der Waals surface area contributed by atoms with Crippen molar-refractivity contribution >= 4 is 62.0 Å². The van der Waals surface area contributed by atoms with Gasteiger partial charge in [0.2, 0.25) is 0 Å². The smallest absolute Gasteiger partial charge is 0.412 e. The molecule has 1 aliphatic rings. The monoisotopic (exact) mass is 742 g/mol. The third kappa shape index (κ3) is 9.59. The predicted molar refractivity (Wildman–Crippen MR) is 181 cm³/mol. The number of ether oxygens (including phenoxy) is 2. The highest BCUT2D eigenvalue weighted by atomic mass is 79.9. The molecule has 3 heterocycles. The maximum Gasteiger partial charge on any atom is 0.412 e. The summed E-state index contributed by atoms with van der Waals surface area (Å²) in [6.07, 6.45) is -3.87. The van der Waals surface area contributed by atoms with E-state index in [4.69, 9.17) is 9.47 Å². The van der Waals surface area contributed by atoms with Gasteiger partial charge < -0.3 is 25.0 Å². The van der Waals surface area contributed by atoms with Crippen molar-refractivity contribution in [1.82, 2.24) is 15.3 Å². The number of amides is 3. The maximum atomic E-state index is 14.1. The van der Waals surface area contributed by atoms with E-state index >= 15 is 0 Å². The highest BCUT2D eigenvalue weighted by molar-refractivity contribution is 9.10. The van der Waals surface area contributed by atoms with Gasteiger partial charge in [-0.2, -0.15) is 13.2 Å². The molecule has 2 atom stereocenters. The molecule has 5 rings (SSSR count). The van der Waals surface area contributed by atoms with Crippen molar-refractivity contribution in [2.75, 3.05) is 28.6 Å². The zero-order valence-electron chi connectivity index (χ0n) is 26.8. The molecule has 15 heteroatoms. The molecule has 1 fully saturated rings. The van der Waals surface area contributed by atoms with Crippen LogP contribution in [0.1, 0.15) is 43.2 Å². The lowest BCUT2D eigenvalue weighted by molar-refractivity contribution is -0.177. The Bertz CT molecular complexity index is 1840. The lowest BCUT2D eigenvalue weighted by Gasteiger charge is -2.40. The Morgan fingerprint density at radius 2 is 1.71 bits per heavy atom. The number of nitrogens with zero attached hydrogens (tertiary/aromatic N) is 3. The Morgan fingerprint density at radius 1 is 0.959 bits per heavy atom. The van der Waals surface area contributed by atoms with Gasteiger partial charge in [-0.1, -0.05) is 52.3 Å². The Hall–Kier alpha value is -4.92. The van der Waals surface area contributed by atoms with Crippen molar-refractivity contribution in [1.29, 1.82) is 0 Å². The van der Waals surface area contributed by atoms with Gasteiger partial charge in [0, 0.05) is 29.1 Å². The Kier molecular flexibility index (Phi) is 10.6. The third-order valence-corrected chi connectivity index (χ3v) is 7.96. The fourth-order valence-corrected chi connectivity index (χ4v) is 5.68. The molecule has 1 aliphatic heterocycles. The molecule has 0 bridgehead atoms. The highest BCUT2D eigenvalue weighted by Crippen LogP contribution is 2.37. The fraction of sp³-hybridized carbons (Fsp3) is 0.324. The van der Waals surface area contributed by atoms with E-state index in [0.29, 0.717) is 15.4 Å². The maximum absolute atomic E-state index is 14.1. The standard InChI is InChI=1S/C34H34BrF3N6O5/c1-33(2,3)49-32(47)40-24-14-22(34(36,37)38)17-44(18-24)28-11-12-39-16-27(28)42-30(45)29-26(13-21-9-10-23(35)15-25(21)41-29)43-31(46)48-19-20-7-5-4-6-8-20/h4-13,15-16,22,24H,14,17-19H2,1-3H3,(H,40,47)(H,42,45)(H,43,46)/t22-,24+/m0/s1. The number of carbonyl (C=O) groups excluding carboxylic acids is 3. The van der Waals surface area contributed by atoms with Gasteiger partial charge in [0.15, 0.2) is 5.69 Å². The zero-order valence-corrected chi connectivity index (χ0v) is 28.4. The van der Waals surface area contributed by atoms with Crippen LogP contribution in [0.15, 0.2) is 77.5 Å². The van der Waals surface area contributed by atoms with Crippen LogP contribution in [0.5, 0.6) is 0 Å². The van der Waals surface area contributed by atoms with E-state index in [1.54, 1.807) is 57.2 Å². The number of piperidine rings is 1. The number of rotatable bonds is 7. The second-order valence-corrected chi connectivity index (χ2v) is 13.4. The molecule has 258 valence electrons. The van der Waals surface area contributed by atoms with Gasteiger partial charge in [-0.25, -0.2) is 14.6 Å². The van der Waals surface area contributed by atoms with Crippen LogP contribution in [0.3, 0.4) is 0 Å². The lowest BCUT2D eigenvalue weighted by Crippen LogP contribution is -2.54. The SMILES string of the molecule is CC(C)(C)OC(=O)N[C@@H]1C[C@H](C(F)(F)F)CN(c2ccncc2NC(=O)c2nc3cc(Br)ccc3cc2NC(=O)OCc2ccccc2)C1. The van der Waals surface area contributed by atoms with Gasteiger partial charge in [0.05, 0.1) is 40.7 Å². The first kappa shape index (κ1) is 35.4. The lowest BCUT2D eigenvalue weighted by atomic mass is 9.93. The second kappa shape index (κ2) is 14.7. The first-order valence-electron chi connectivity index (χ1n) is 15.3. The first-order chi connectivity index (χ1) is 23.1. The van der Waals surface area contributed by atoms with E-state index in [2.05, 4.69) is 41.8 Å². The number of hydrogen-bond donors (Lipinski definition) is 3. The topological polar surface area (TPSA) is 135 Å². The van der Waals surface area contributed by atoms with Crippen molar-refractivity contribution in [3.05, 3.63) is 88.8 Å². The number of alkyl halides is 3. The molecule has 11 nitrogen and oxygen atoms in total. The number of benzene rings is 2. The molecule has 3 N–H and O–H groups in total. The molecule has 49 heavy (non-hydrogen) atoms. The summed E-state index contributed by atoms with van der Waals surface area (Å²) in [4.78, 5) is 49.2. The van der Waals surface area contributed by atoms with E-state index in [1.165, 1.54) is 23.4 Å². The van der Waals surface area contributed by atoms with Gasteiger partial charge >= 0.3 is 18.4 Å². The summed E-state index contributed by atoms with van der Waals surface area (Å²) in [7, 11) is 0. The molecule has 0 unspecified atom stereocenters. The highest BCUT2D eigenvalue weighted by Gasteiger charge is 2.45. The van der Waals surface area contributed by atoms with E-state index in [9.17, 15) is 27.6 Å². The molecule has 1 saturated heterocycles. The average Bonchev–Trinajstić information content (AvgIpc) is 3.03. The van der Waals surface area contributed by atoms with Crippen LogP contribution in [-0.4, -0.2) is 59.0 Å². The van der Waals surface area contributed by atoms with Crippen LogP contribution < -0.4 is 20.9 Å². The van der Waals surface area contributed by atoms with Gasteiger partial charge in [-0.3, -0.25) is 15.1 Å². The zero-order chi connectivity index (χ0) is 35.3. The van der Waals surface area contributed by atoms with E-state index < -0.39 is 48.4 Å². The van der Waals surface area contributed by atoms with Crippen LogP contribution in [-0.2, 0) is 16.1 Å². The minimum absolute atomic E-state index is 0.00101. The van der Waals surface area contributed by atoms with Crippen LogP contribution in [0.2, 0.25) is 0 Å². The van der Waals surface area contributed by atoms with Crippen LogP contribution in [0, 0.1) is 5.92 Å². The Balaban J connectivity index is 1.41. The first-order valence-corrected chi connectivity index (χ1v) is 16.1. The summed E-state index contributed by atoms with van der Waals surface area (Å²) >= 11 is 3.40. The van der Waals surface area contributed by atoms with Crippen LogP contribution in [0.4, 0.5) is 39.8 Å². The number of anilines is 3. The quantitative estimate of drug-likeness (QED) is 0.176. The molecule has 3 amide bonds. The summed E-state index contributed by atoms with van der Waals surface area (Å²) in [6.45, 7) is 4.53. The molecule has 0 radical (unpaired) electrons. The molecule has 2 aromatic heterocycles. The summed E-state index contributed by atoms with van der Waals surface area (Å²) in [5.41, 5.74) is 0.572. The van der Waals surface area contributed by atoms with Crippen LogP contribution in [0.25, 0.3) is 10.9 Å². The van der Waals surface area contributed by atoms with E-state index in [-0.39, 0.29) is 42.3 Å². The predicted octanol–water partition coefficient (Wildman–Crippen LogP) is 7.68.